The largest absolute Gasteiger partial charge is 0.497 e. The first-order chi connectivity index (χ1) is 8.70. The molecule has 0 amide bonds. The first-order valence-corrected chi connectivity index (χ1v) is 6.31. The van der Waals surface area contributed by atoms with E-state index < -0.39 is 0 Å². The predicted octanol–water partition coefficient (Wildman–Crippen LogP) is 4.21. The Morgan fingerprint density at radius 1 is 1.22 bits per heavy atom. The normalized spacial score (nSPS) is 10.2. The molecule has 2 aromatic carbocycles. The number of benzene rings is 2. The summed E-state index contributed by atoms with van der Waals surface area (Å²) in [7, 11) is 1.62. The van der Waals surface area contributed by atoms with E-state index in [1.807, 2.05) is 24.3 Å². The molecule has 2 aromatic rings. The number of para-hydroxylation sites is 1. The summed E-state index contributed by atoms with van der Waals surface area (Å²) in [6.07, 6.45) is 0. The molecule has 0 unspecified atom stereocenters. The maximum atomic E-state index is 13.6. The van der Waals surface area contributed by atoms with Crippen molar-refractivity contribution in [2.75, 3.05) is 12.4 Å². The molecule has 94 valence electrons. The Morgan fingerprint density at radius 2 is 2.00 bits per heavy atom. The van der Waals surface area contributed by atoms with Crippen LogP contribution in [0.25, 0.3) is 0 Å². The van der Waals surface area contributed by atoms with Gasteiger partial charge in [0.1, 0.15) is 11.6 Å². The van der Waals surface area contributed by atoms with Crippen LogP contribution in [-0.2, 0) is 6.54 Å². The minimum Gasteiger partial charge on any atom is -0.497 e. The van der Waals surface area contributed by atoms with Gasteiger partial charge in [0.05, 0.1) is 12.8 Å². The molecule has 0 radical (unpaired) electrons. The fourth-order valence-electron chi connectivity index (χ4n) is 1.64. The number of anilines is 1. The van der Waals surface area contributed by atoms with Gasteiger partial charge in [-0.2, -0.15) is 0 Å². The molecular formula is C14H13BrFNO. The molecule has 0 heterocycles. The van der Waals surface area contributed by atoms with E-state index >= 15 is 0 Å². The molecule has 2 nitrogen and oxygen atoms in total. The van der Waals surface area contributed by atoms with Gasteiger partial charge in [0.2, 0.25) is 0 Å². The van der Waals surface area contributed by atoms with Crippen LogP contribution >= 0.6 is 15.9 Å². The van der Waals surface area contributed by atoms with Gasteiger partial charge in [-0.05, 0) is 45.8 Å². The number of methoxy groups -OCH3 is 1. The van der Waals surface area contributed by atoms with Crippen LogP contribution in [0.2, 0.25) is 0 Å². The lowest BCUT2D eigenvalue weighted by atomic mass is 10.2. The van der Waals surface area contributed by atoms with Crippen molar-refractivity contribution in [3.8, 4) is 5.75 Å². The number of ether oxygens (including phenoxy) is 1. The van der Waals surface area contributed by atoms with Crippen molar-refractivity contribution in [2.24, 2.45) is 0 Å². The summed E-state index contributed by atoms with van der Waals surface area (Å²) in [4.78, 5) is 0. The third-order valence-electron chi connectivity index (χ3n) is 2.57. The monoisotopic (exact) mass is 309 g/mol. The van der Waals surface area contributed by atoms with E-state index in [1.54, 1.807) is 19.2 Å². The van der Waals surface area contributed by atoms with Crippen molar-refractivity contribution in [1.29, 1.82) is 0 Å². The van der Waals surface area contributed by atoms with E-state index in [4.69, 9.17) is 4.74 Å². The van der Waals surface area contributed by atoms with E-state index in [0.29, 0.717) is 16.7 Å². The molecule has 0 spiro atoms. The van der Waals surface area contributed by atoms with Crippen molar-refractivity contribution in [1.82, 2.24) is 0 Å². The SMILES string of the molecule is COc1cccc(CNc2c(F)cccc2Br)c1. The van der Waals surface area contributed by atoms with Crippen molar-refractivity contribution in [2.45, 2.75) is 6.54 Å². The van der Waals surface area contributed by atoms with Gasteiger partial charge in [-0.25, -0.2) is 4.39 Å². The highest BCUT2D eigenvalue weighted by atomic mass is 79.9. The molecule has 0 saturated carbocycles. The molecule has 0 aliphatic heterocycles. The van der Waals surface area contributed by atoms with E-state index in [-0.39, 0.29) is 5.82 Å². The molecule has 18 heavy (non-hydrogen) atoms. The zero-order chi connectivity index (χ0) is 13.0. The van der Waals surface area contributed by atoms with Crippen LogP contribution in [0.5, 0.6) is 5.75 Å². The predicted molar refractivity (Wildman–Crippen MR) is 74.4 cm³/mol. The van der Waals surface area contributed by atoms with Gasteiger partial charge in [0.15, 0.2) is 0 Å². The van der Waals surface area contributed by atoms with Crippen LogP contribution in [0.15, 0.2) is 46.9 Å². The first-order valence-electron chi connectivity index (χ1n) is 5.51. The van der Waals surface area contributed by atoms with E-state index in [2.05, 4.69) is 21.2 Å². The van der Waals surface area contributed by atoms with Crippen molar-refractivity contribution >= 4 is 21.6 Å². The smallest absolute Gasteiger partial charge is 0.147 e. The van der Waals surface area contributed by atoms with Gasteiger partial charge < -0.3 is 10.1 Å². The molecule has 0 fully saturated rings. The molecule has 4 heteroatoms. The Balaban J connectivity index is 2.11. The van der Waals surface area contributed by atoms with Crippen LogP contribution in [0.4, 0.5) is 10.1 Å². The summed E-state index contributed by atoms with van der Waals surface area (Å²) < 4.78 is 19.4. The molecule has 0 aliphatic rings. The number of hydrogen-bond donors (Lipinski definition) is 1. The molecule has 0 atom stereocenters. The van der Waals surface area contributed by atoms with Crippen molar-refractivity contribution < 1.29 is 9.13 Å². The summed E-state index contributed by atoms with van der Waals surface area (Å²) in [5.74, 6) is 0.522. The highest BCUT2D eigenvalue weighted by Gasteiger charge is 2.05. The lowest BCUT2D eigenvalue weighted by molar-refractivity contribution is 0.414. The lowest BCUT2D eigenvalue weighted by Crippen LogP contribution is -2.02. The highest BCUT2D eigenvalue weighted by Crippen LogP contribution is 2.25. The molecule has 1 N–H and O–H groups in total. The third-order valence-corrected chi connectivity index (χ3v) is 3.23. The minimum atomic E-state index is -0.271. The van der Waals surface area contributed by atoms with Gasteiger partial charge in [-0.1, -0.05) is 18.2 Å². The maximum Gasteiger partial charge on any atom is 0.147 e. The number of hydrogen-bond acceptors (Lipinski definition) is 2. The Labute approximate surface area is 114 Å². The summed E-state index contributed by atoms with van der Waals surface area (Å²) in [6.45, 7) is 0.538. The summed E-state index contributed by atoms with van der Waals surface area (Å²) in [5.41, 5.74) is 1.50. The van der Waals surface area contributed by atoms with Crippen LogP contribution in [0.1, 0.15) is 5.56 Å². The minimum absolute atomic E-state index is 0.271. The topological polar surface area (TPSA) is 21.3 Å². The van der Waals surface area contributed by atoms with Gasteiger partial charge in [-0.15, -0.1) is 0 Å². The summed E-state index contributed by atoms with van der Waals surface area (Å²) in [6, 6.07) is 12.6. The molecule has 0 bridgehead atoms. The molecule has 0 aliphatic carbocycles. The Bertz CT molecular complexity index is 525. The van der Waals surface area contributed by atoms with Crippen LogP contribution in [0, 0.1) is 5.82 Å². The first kappa shape index (κ1) is 12.9. The average Bonchev–Trinajstić information content (AvgIpc) is 2.38. The zero-order valence-corrected chi connectivity index (χ0v) is 11.5. The molecule has 0 aromatic heterocycles. The van der Waals surface area contributed by atoms with Crippen molar-refractivity contribution in [3.63, 3.8) is 0 Å². The summed E-state index contributed by atoms with van der Waals surface area (Å²) in [5, 5.41) is 3.07. The Kier molecular flexibility index (Phi) is 4.20. The highest BCUT2D eigenvalue weighted by molar-refractivity contribution is 9.10. The maximum absolute atomic E-state index is 13.6. The number of nitrogens with one attached hydrogen (secondary N) is 1. The molecular weight excluding hydrogens is 297 g/mol. The van der Waals surface area contributed by atoms with E-state index in [1.165, 1.54) is 6.07 Å². The Morgan fingerprint density at radius 3 is 2.72 bits per heavy atom. The fourth-order valence-corrected chi connectivity index (χ4v) is 2.12. The molecule has 0 saturated heterocycles. The van der Waals surface area contributed by atoms with Gasteiger partial charge in [0, 0.05) is 11.0 Å². The van der Waals surface area contributed by atoms with Gasteiger partial charge >= 0.3 is 0 Å². The number of halogens is 2. The second-order valence-electron chi connectivity index (χ2n) is 3.80. The molecule has 2 rings (SSSR count). The quantitative estimate of drug-likeness (QED) is 0.913. The second-order valence-corrected chi connectivity index (χ2v) is 4.66. The second kappa shape index (κ2) is 5.87. The van der Waals surface area contributed by atoms with Crippen molar-refractivity contribution in [3.05, 3.63) is 58.3 Å². The lowest BCUT2D eigenvalue weighted by Gasteiger charge is -2.10. The fraction of sp³-hybridized carbons (Fsp3) is 0.143. The average molecular weight is 310 g/mol. The van der Waals surface area contributed by atoms with Gasteiger partial charge in [-0.3, -0.25) is 0 Å². The number of rotatable bonds is 4. The van der Waals surface area contributed by atoms with E-state index in [9.17, 15) is 4.39 Å². The van der Waals surface area contributed by atoms with Crippen LogP contribution in [-0.4, -0.2) is 7.11 Å². The van der Waals surface area contributed by atoms with Crippen LogP contribution < -0.4 is 10.1 Å². The third kappa shape index (κ3) is 3.01. The summed E-state index contributed by atoms with van der Waals surface area (Å²) >= 11 is 3.32. The van der Waals surface area contributed by atoms with E-state index in [0.717, 1.165) is 11.3 Å². The van der Waals surface area contributed by atoms with Gasteiger partial charge in [0.25, 0.3) is 0 Å². The Hall–Kier alpha value is -1.55. The zero-order valence-electron chi connectivity index (χ0n) is 9.91. The van der Waals surface area contributed by atoms with Crippen LogP contribution in [0.3, 0.4) is 0 Å². The standard InChI is InChI=1S/C14H13BrFNO/c1-18-11-5-2-4-10(8-11)9-17-14-12(15)6-3-7-13(14)16/h2-8,17H,9H2,1H3.